The summed E-state index contributed by atoms with van der Waals surface area (Å²) in [7, 11) is 1.50. The number of fused-ring (bicyclic) bond motifs is 1. The fourth-order valence-corrected chi connectivity index (χ4v) is 5.40. The van der Waals surface area contributed by atoms with Crippen molar-refractivity contribution in [3.8, 4) is 11.6 Å². The molecule has 41 heavy (non-hydrogen) atoms. The number of anilines is 1. The first-order valence-electron chi connectivity index (χ1n) is 13.4. The molecule has 0 bridgehead atoms. The number of nitrogens with one attached hydrogen (secondary N) is 3. The Labute approximate surface area is 235 Å². The van der Waals surface area contributed by atoms with Crippen LogP contribution in [0.5, 0.6) is 5.75 Å². The summed E-state index contributed by atoms with van der Waals surface area (Å²) in [5, 5.41) is 11.1. The van der Waals surface area contributed by atoms with Crippen molar-refractivity contribution in [2.75, 3.05) is 25.2 Å². The lowest BCUT2D eigenvalue weighted by molar-refractivity contribution is -0.131. The third kappa shape index (κ3) is 4.51. The van der Waals surface area contributed by atoms with Gasteiger partial charge in [0.1, 0.15) is 17.9 Å². The number of rotatable bonds is 6. The maximum absolute atomic E-state index is 13.8. The van der Waals surface area contributed by atoms with Gasteiger partial charge in [-0.15, -0.1) is 10.6 Å². The fraction of sp³-hybridized carbons (Fsp3) is 0.333. The maximum Gasteiger partial charge on any atom is 0.295 e. The van der Waals surface area contributed by atoms with Crippen molar-refractivity contribution in [1.82, 2.24) is 45.6 Å². The Morgan fingerprint density at radius 1 is 1.15 bits per heavy atom. The molecule has 14 heteroatoms. The summed E-state index contributed by atoms with van der Waals surface area (Å²) in [6.45, 7) is 6.68. The highest BCUT2D eigenvalue weighted by Gasteiger charge is 2.40. The third-order valence-corrected chi connectivity index (χ3v) is 7.50. The van der Waals surface area contributed by atoms with Crippen LogP contribution < -0.4 is 20.8 Å². The Hall–Kier alpha value is -4.98. The predicted octanol–water partition coefficient (Wildman–Crippen LogP) is 1.76. The number of Topliss-reactive ketones (excluding diaryl/α,β-unsaturated/α-hetero) is 1. The summed E-state index contributed by atoms with van der Waals surface area (Å²) >= 11 is 0. The zero-order valence-electron chi connectivity index (χ0n) is 23.2. The van der Waals surface area contributed by atoms with Crippen molar-refractivity contribution >= 4 is 34.2 Å². The van der Waals surface area contributed by atoms with Crippen LogP contribution in [0.25, 0.3) is 16.7 Å². The molecule has 0 spiro atoms. The minimum atomic E-state index is -0.618. The van der Waals surface area contributed by atoms with Crippen molar-refractivity contribution in [2.24, 2.45) is 5.10 Å². The summed E-state index contributed by atoms with van der Waals surface area (Å²) in [5.74, 6) is 0.923. The van der Waals surface area contributed by atoms with E-state index in [9.17, 15) is 9.59 Å². The van der Waals surface area contributed by atoms with Crippen molar-refractivity contribution < 1.29 is 14.3 Å². The highest BCUT2D eigenvalue weighted by molar-refractivity contribution is 6.45. The summed E-state index contributed by atoms with van der Waals surface area (Å²) in [4.78, 5) is 43.2. The molecule has 6 rings (SSSR count). The van der Waals surface area contributed by atoms with E-state index in [1.54, 1.807) is 18.2 Å². The first-order valence-corrected chi connectivity index (χ1v) is 13.4. The van der Waals surface area contributed by atoms with E-state index < -0.39 is 11.7 Å². The smallest absolute Gasteiger partial charge is 0.295 e. The number of guanidine groups is 1. The minimum Gasteiger partial charge on any atom is -0.494 e. The van der Waals surface area contributed by atoms with Crippen LogP contribution in [0.1, 0.15) is 36.5 Å². The van der Waals surface area contributed by atoms with E-state index in [0.717, 1.165) is 5.69 Å². The van der Waals surface area contributed by atoms with Gasteiger partial charge in [0, 0.05) is 31.4 Å². The van der Waals surface area contributed by atoms with Crippen LogP contribution in [0.3, 0.4) is 0 Å². The second-order valence-corrected chi connectivity index (χ2v) is 10.00. The van der Waals surface area contributed by atoms with Gasteiger partial charge in [0.15, 0.2) is 5.82 Å². The number of piperazine rings is 1. The highest BCUT2D eigenvalue weighted by Crippen LogP contribution is 2.32. The lowest BCUT2D eigenvalue weighted by atomic mass is 10.0. The number of aromatic nitrogens is 5. The number of pyridine rings is 1. The Balaban J connectivity index is 1.28. The Morgan fingerprint density at radius 3 is 2.66 bits per heavy atom. The topological polar surface area (TPSA) is 149 Å². The van der Waals surface area contributed by atoms with Gasteiger partial charge in [0.05, 0.1) is 35.5 Å². The standard InChI is InChI=1S/C27H31N11O3/c1-5-18-14-35(27-31-33-34-38(27)19-9-7-6-8-10-19)16(2)13-36(18)26(40)24(39)20-11-28-23-22(20)21(41-4)12-29-25(23)37-15-30-17(3)32-37/h6-12,15-16,18,28,33-34H,5,13-14H2,1-4H3/t16-,18+/m0/s1. The van der Waals surface area contributed by atoms with Gasteiger partial charge in [-0.1, -0.05) is 25.1 Å². The molecule has 2 aliphatic heterocycles. The molecule has 1 fully saturated rings. The Kier molecular flexibility index (Phi) is 6.75. The number of ether oxygens (including phenoxy) is 1. The second-order valence-electron chi connectivity index (χ2n) is 10.00. The molecule has 4 aromatic rings. The molecule has 0 unspecified atom stereocenters. The molecule has 2 aliphatic rings. The van der Waals surface area contributed by atoms with Crippen LogP contribution in [0.15, 0.2) is 54.2 Å². The average molecular weight is 558 g/mol. The number of methoxy groups -OCH3 is 1. The summed E-state index contributed by atoms with van der Waals surface area (Å²) in [5.41, 5.74) is 7.57. The number of hydrazone groups is 1. The van der Waals surface area contributed by atoms with E-state index in [-0.39, 0.29) is 17.6 Å². The van der Waals surface area contributed by atoms with Gasteiger partial charge in [-0.05, 0) is 32.4 Å². The number of H-pyrrole nitrogens is 1. The van der Waals surface area contributed by atoms with E-state index in [4.69, 9.17) is 4.74 Å². The Morgan fingerprint density at radius 2 is 1.95 bits per heavy atom. The number of carbonyl (C=O) groups excluding carboxylic acids is 2. The number of ketones is 1. The first-order chi connectivity index (χ1) is 19.9. The highest BCUT2D eigenvalue weighted by atomic mass is 16.5. The number of hydrogen-bond donors (Lipinski definition) is 3. The van der Waals surface area contributed by atoms with Crippen molar-refractivity contribution in [2.45, 2.75) is 39.3 Å². The molecule has 2 atom stereocenters. The second kappa shape index (κ2) is 10.5. The van der Waals surface area contributed by atoms with Crippen molar-refractivity contribution in [3.05, 3.63) is 60.4 Å². The number of aromatic amines is 1. The largest absolute Gasteiger partial charge is 0.494 e. The summed E-state index contributed by atoms with van der Waals surface area (Å²) in [6.07, 6.45) is 5.26. The van der Waals surface area contributed by atoms with Gasteiger partial charge >= 0.3 is 0 Å². The molecule has 1 amide bonds. The zero-order valence-corrected chi connectivity index (χ0v) is 23.2. The van der Waals surface area contributed by atoms with E-state index >= 15 is 0 Å². The SMILES string of the molecule is CC[C@@H]1CN(C2=NNNN2c2ccccc2)[C@@H](C)CN1C(=O)C(=O)c1c[nH]c2c(-n3cnc(C)n3)ncc(OC)c12. The third-order valence-electron chi connectivity index (χ3n) is 7.50. The zero-order chi connectivity index (χ0) is 28.7. The van der Waals surface area contributed by atoms with Crippen LogP contribution in [0, 0.1) is 6.92 Å². The molecule has 212 valence electrons. The summed E-state index contributed by atoms with van der Waals surface area (Å²) < 4.78 is 7.05. The van der Waals surface area contributed by atoms with E-state index in [0.29, 0.717) is 53.8 Å². The average Bonchev–Trinajstić information content (AvgIpc) is 3.76. The molecule has 0 aliphatic carbocycles. The molecule has 3 N–H and O–H groups in total. The molecule has 1 saturated heterocycles. The molecule has 0 saturated carbocycles. The normalized spacial score (nSPS) is 18.9. The number of aryl methyl sites for hydroxylation is 1. The van der Waals surface area contributed by atoms with Gasteiger partial charge in [0.2, 0.25) is 5.96 Å². The monoisotopic (exact) mass is 557 g/mol. The first kappa shape index (κ1) is 26.3. The lowest BCUT2D eigenvalue weighted by Crippen LogP contribution is -2.63. The van der Waals surface area contributed by atoms with Gasteiger partial charge < -0.3 is 19.5 Å². The molecule has 3 aromatic heterocycles. The molecule has 0 radical (unpaired) electrons. The van der Waals surface area contributed by atoms with Crippen LogP contribution >= 0.6 is 0 Å². The minimum absolute atomic E-state index is 0.106. The van der Waals surface area contributed by atoms with Crippen LogP contribution in [-0.4, -0.2) is 84.5 Å². The van der Waals surface area contributed by atoms with Crippen LogP contribution in [-0.2, 0) is 4.79 Å². The summed E-state index contributed by atoms with van der Waals surface area (Å²) in [6, 6.07) is 9.53. The number of hydrazine groups is 2. The van der Waals surface area contributed by atoms with Gasteiger partial charge in [0.25, 0.3) is 11.7 Å². The Bertz CT molecular complexity index is 1630. The fourth-order valence-electron chi connectivity index (χ4n) is 5.40. The van der Waals surface area contributed by atoms with Gasteiger partial charge in [-0.3, -0.25) is 9.59 Å². The van der Waals surface area contributed by atoms with Crippen molar-refractivity contribution in [1.29, 1.82) is 0 Å². The van der Waals surface area contributed by atoms with E-state index in [1.165, 1.54) is 24.2 Å². The lowest BCUT2D eigenvalue weighted by Gasteiger charge is -2.46. The van der Waals surface area contributed by atoms with E-state index in [2.05, 4.69) is 41.1 Å². The van der Waals surface area contributed by atoms with Gasteiger partial charge in [-0.2, -0.15) is 5.10 Å². The number of carbonyl (C=O) groups is 2. The molecule has 14 nitrogen and oxygen atoms in total. The number of nitrogens with zero attached hydrogens (tertiary/aromatic N) is 8. The number of amides is 1. The molecular formula is C27H31N11O3. The number of benzene rings is 1. The van der Waals surface area contributed by atoms with Crippen molar-refractivity contribution in [3.63, 3.8) is 0 Å². The van der Waals surface area contributed by atoms with Gasteiger partial charge in [-0.25, -0.2) is 25.2 Å². The van der Waals surface area contributed by atoms with E-state index in [1.807, 2.05) is 49.2 Å². The predicted molar refractivity (Wildman–Crippen MR) is 151 cm³/mol. The number of hydrogen-bond acceptors (Lipinski definition) is 11. The molecular weight excluding hydrogens is 526 g/mol. The number of para-hydroxylation sites is 1. The maximum atomic E-state index is 13.8. The molecule has 5 heterocycles. The van der Waals surface area contributed by atoms with Crippen LogP contribution in [0.4, 0.5) is 5.69 Å². The van der Waals surface area contributed by atoms with Crippen LogP contribution in [0.2, 0.25) is 0 Å². The quantitative estimate of drug-likeness (QED) is 0.236. The molecule has 1 aromatic carbocycles.